The molecule has 10 nitrogen and oxygen atoms in total. The Kier molecular flexibility index (Phi) is 7.75. The average Bonchev–Trinajstić information content (AvgIpc) is 3.49. The minimum atomic E-state index is -0.990. The summed E-state index contributed by atoms with van der Waals surface area (Å²) in [7, 11) is 0. The number of aromatic amines is 1. The summed E-state index contributed by atoms with van der Waals surface area (Å²) in [4.78, 5) is 42.6. The molecule has 1 aromatic heterocycles. The summed E-state index contributed by atoms with van der Waals surface area (Å²) in [6.07, 6.45) is 5.29. The number of hydrogen-bond acceptors (Lipinski definition) is 7. The number of unbranched alkanes of at least 4 members (excludes halogenated alkanes) is 2. The fourth-order valence-corrected chi connectivity index (χ4v) is 3.11. The number of halogens is 1. The van der Waals surface area contributed by atoms with Crippen LogP contribution < -0.4 is 26.5 Å². The van der Waals surface area contributed by atoms with E-state index in [1.54, 1.807) is 0 Å². The van der Waals surface area contributed by atoms with Crippen LogP contribution in [0.4, 0.5) is 9.18 Å². The molecular formula is C19H29FN6O4. The molecule has 1 saturated heterocycles. The van der Waals surface area contributed by atoms with Crippen LogP contribution in [0.15, 0.2) is 4.79 Å². The lowest BCUT2D eigenvalue weighted by Gasteiger charge is -2.18. The number of aromatic nitrogens is 2. The summed E-state index contributed by atoms with van der Waals surface area (Å²) in [5.74, 6) is -0.742. The Balaban J connectivity index is 1.39. The van der Waals surface area contributed by atoms with Crippen molar-refractivity contribution in [2.75, 3.05) is 26.2 Å². The van der Waals surface area contributed by atoms with Gasteiger partial charge in [0, 0.05) is 13.1 Å². The van der Waals surface area contributed by atoms with Gasteiger partial charge in [-0.2, -0.15) is 9.37 Å². The Morgan fingerprint density at radius 1 is 1.27 bits per heavy atom. The molecule has 11 heteroatoms. The number of hydrogen-bond donors (Lipinski definition) is 4. The highest BCUT2D eigenvalue weighted by Gasteiger charge is 2.26. The van der Waals surface area contributed by atoms with Crippen molar-refractivity contribution >= 4 is 11.9 Å². The van der Waals surface area contributed by atoms with Crippen molar-refractivity contribution in [1.82, 2.24) is 31.0 Å². The molecule has 0 spiro atoms. The molecule has 30 heavy (non-hydrogen) atoms. The van der Waals surface area contributed by atoms with Crippen LogP contribution in [0.3, 0.4) is 0 Å². The van der Waals surface area contributed by atoms with E-state index in [0.717, 1.165) is 32.1 Å². The monoisotopic (exact) mass is 424 g/mol. The number of rotatable bonds is 13. The van der Waals surface area contributed by atoms with E-state index in [9.17, 15) is 18.8 Å². The smallest absolute Gasteiger partial charge is 0.324 e. The van der Waals surface area contributed by atoms with Gasteiger partial charge in [-0.25, -0.2) is 10.2 Å². The molecule has 1 saturated carbocycles. The first-order chi connectivity index (χ1) is 14.5. The van der Waals surface area contributed by atoms with Gasteiger partial charge in [0.1, 0.15) is 12.4 Å². The predicted molar refractivity (Wildman–Crippen MR) is 106 cm³/mol. The molecule has 166 valence electrons. The van der Waals surface area contributed by atoms with Crippen LogP contribution >= 0.6 is 0 Å². The summed E-state index contributed by atoms with van der Waals surface area (Å²) in [5, 5.41) is 2.25. The number of nitrogens with zero attached hydrogens (tertiary/aromatic N) is 2. The zero-order chi connectivity index (χ0) is 21.5. The van der Waals surface area contributed by atoms with E-state index in [4.69, 9.17) is 4.74 Å². The van der Waals surface area contributed by atoms with Crippen molar-refractivity contribution in [2.45, 2.75) is 51.5 Å². The lowest BCUT2D eigenvalue weighted by molar-refractivity contribution is -0.118. The maximum atomic E-state index is 14.0. The van der Waals surface area contributed by atoms with Crippen molar-refractivity contribution in [3.8, 4) is 5.88 Å². The molecular weight excluding hydrogens is 395 g/mol. The van der Waals surface area contributed by atoms with Crippen LogP contribution in [0.2, 0.25) is 0 Å². The zero-order valence-corrected chi connectivity index (χ0v) is 17.1. The van der Waals surface area contributed by atoms with Crippen LogP contribution in [-0.2, 0) is 4.79 Å². The van der Waals surface area contributed by atoms with Crippen molar-refractivity contribution in [3.05, 3.63) is 22.0 Å². The van der Waals surface area contributed by atoms with Gasteiger partial charge in [-0.1, -0.05) is 13.3 Å². The SMILES string of the molecule is CCC(NNCCCCCN1CC(=O)NC1=O)c1nc(OCC2CC2)c(F)c(=O)[nH]1. The zero-order valence-electron chi connectivity index (χ0n) is 17.1. The molecule has 2 heterocycles. The van der Waals surface area contributed by atoms with E-state index in [1.807, 2.05) is 6.92 Å². The Bertz CT molecular complexity index is 813. The first kappa shape index (κ1) is 22.2. The number of amides is 3. The highest BCUT2D eigenvalue weighted by atomic mass is 19.1. The van der Waals surface area contributed by atoms with E-state index in [-0.39, 0.29) is 30.4 Å². The van der Waals surface area contributed by atoms with E-state index < -0.39 is 11.4 Å². The van der Waals surface area contributed by atoms with Crippen molar-refractivity contribution < 1.29 is 18.7 Å². The lowest BCUT2D eigenvalue weighted by Crippen LogP contribution is -2.37. The third-order valence-corrected chi connectivity index (χ3v) is 5.12. The highest BCUT2D eigenvalue weighted by Crippen LogP contribution is 2.29. The van der Waals surface area contributed by atoms with Gasteiger partial charge in [0.05, 0.1) is 12.6 Å². The molecule has 1 aromatic rings. The normalized spacial score (nSPS) is 17.3. The Hall–Kier alpha value is -2.53. The topological polar surface area (TPSA) is 128 Å². The number of nitrogens with one attached hydrogen (secondary N) is 4. The van der Waals surface area contributed by atoms with Crippen LogP contribution in [-0.4, -0.2) is 53.0 Å². The van der Waals surface area contributed by atoms with Gasteiger partial charge in [0.15, 0.2) is 0 Å². The molecule has 2 aliphatic rings. The fraction of sp³-hybridized carbons (Fsp3) is 0.684. The Morgan fingerprint density at radius 2 is 2.07 bits per heavy atom. The number of urea groups is 1. The van der Waals surface area contributed by atoms with Crippen LogP contribution in [0.1, 0.15) is 57.3 Å². The standard InChI is InChI=1S/C19H29FN6O4/c1-2-13(16-23-17(28)15(20)18(24-16)30-11-12-6-7-12)25-21-8-4-3-5-9-26-10-14(27)22-19(26)29/h12-13,21,25H,2-11H2,1H3,(H,22,27,29)(H,23,24,28). The number of carbonyl (C=O) groups is 2. The first-order valence-corrected chi connectivity index (χ1v) is 10.5. The average molecular weight is 424 g/mol. The van der Waals surface area contributed by atoms with Gasteiger partial charge in [0.2, 0.25) is 11.7 Å². The lowest BCUT2D eigenvalue weighted by atomic mass is 10.2. The number of H-pyrrole nitrogens is 1. The van der Waals surface area contributed by atoms with Gasteiger partial charge in [0.25, 0.3) is 11.4 Å². The third-order valence-electron chi connectivity index (χ3n) is 5.12. The second-order valence-electron chi connectivity index (χ2n) is 7.69. The van der Waals surface area contributed by atoms with Gasteiger partial charge in [-0.3, -0.25) is 20.3 Å². The molecule has 1 aliphatic heterocycles. The van der Waals surface area contributed by atoms with Crippen LogP contribution in [0, 0.1) is 11.7 Å². The Labute approximate surface area is 173 Å². The summed E-state index contributed by atoms with van der Waals surface area (Å²) in [5.41, 5.74) is 5.36. The second kappa shape index (κ2) is 10.5. The van der Waals surface area contributed by atoms with Crippen molar-refractivity contribution in [3.63, 3.8) is 0 Å². The largest absolute Gasteiger partial charge is 0.475 e. The summed E-state index contributed by atoms with van der Waals surface area (Å²) in [6.45, 7) is 3.65. The van der Waals surface area contributed by atoms with Gasteiger partial charge >= 0.3 is 6.03 Å². The van der Waals surface area contributed by atoms with Crippen LogP contribution in [0.5, 0.6) is 5.88 Å². The third kappa shape index (κ3) is 6.23. The number of carbonyl (C=O) groups excluding carboxylic acids is 2. The minimum Gasteiger partial charge on any atom is -0.475 e. The molecule has 1 unspecified atom stereocenters. The van der Waals surface area contributed by atoms with Crippen molar-refractivity contribution in [1.29, 1.82) is 0 Å². The number of ether oxygens (including phenoxy) is 1. The van der Waals surface area contributed by atoms with E-state index >= 15 is 0 Å². The quantitative estimate of drug-likeness (QED) is 0.211. The fourth-order valence-electron chi connectivity index (χ4n) is 3.11. The maximum Gasteiger partial charge on any atom is 0.324 e. The second-order valence-corrected chi connectivity index (χ2v) is 7.69. The highest BCUT2D eigenvalue weighted by molar-refractivity contribution is 6.01. The van der Waals surface area contributed by atoms with Gasteiger partial charge in [-0.15, -0.1) is 0 Å². The summed E-state index contributed by atoms with van der Waals surface area (Å²) >= 11 is 0. The molecule has 4 N–H and O–H groups in total. The molecule has 0 radical (unpaired) electrons. The van der Waals surface area contributed by atoms with Gasteiger partial charge < -0.3 is 14.6 Å². The minimum absolute atomic E-state index is 0.131. The molecule has 3 rings (SSSR count). The summed E-state index contributed by atoms with van der Waals surface area (Å²) in [6, 6.07) is -0.632. The molecule has 3 amide bonds. The molecule has 0 aromatic carbocycles. The molecule has 0 bridgehead atoms. The number of imide groups is 1. The van der Waals surface area contributed by atoms with Gasteiger partial charge in [-0.05, 0) is 38.0 Å². The first-order valence-electron chi connectivity index (χ1n) is 10.5. The number of hydrazine groups is 1. The molecule has 1 atom stereocenters. The summed E-state index contributed by atoms with van der Waals surface area (Å²) < 4.78 is 19.4. The van der Waals surface area contributed by atoms with E-state index in [0.29, 0.717) is 37.9 Å². The molecule has 1 aliphatic carbocycles. The van der Waals surface area contributed by atoms with Crippen molar-refractivity contribution in [2.24, 2.45) is 5.92 Å². The predicted octanol–water partition coefficient (Wildman–Crippen LogP) is 0.965. The van der Waals surface area contributed by atoms with E-state index in [2.05, 4.69) is 26.1 Å². The molecule has 2 fully saturated rings. The van der Waals surface area contributed by atoms with E-state index in [1.165, 1.54) is 4.90 Å². The van der Waals surface area contributed by atoms with Crippen LogP contribution in [0.25, 0.3) is 0 Å². The Morgan fingerprint density at radius 3 is 2.73 bits per heavy atom. The maximum absolute atomic E-state index is 14.0.